The number of anilines is 1. The van der Waals surface area contributed by atoms with Crippen molar-refractivity contribution in [2.24, 2.45) is 0 Å². The molecule has 0 unspecified atom stereocenters. The second-order valence-corrected chi connectivity index (χ2v) is 10.9. The van der Waals surface area contributed by atoms with Crippen molar-refractivity contribution in [3.05, 3.63) is 82.9 Å². The van der Waals surface area contributed by atoms with Crippen LogP contribution in [0.4, 0.5) is 5.69 Å². The summed E-state index contributed by atoms with van der Waals surface area (Å²) in [4.78, 5) is 2.53. The van der Waals surface area contributed by atoms with E-state index in [1.165, 1.54) is 61.0 Å². The van der Waals surface area contributed by atoms with Crippen LogP contribution in [0.15, 0.2) is 60.7 Å². The van der Waals surface area contributed by atoms with Gasteiger partial charge in [0.2, 0.25) is 0 Å². The van der Waals surface area contributed by atoms with E-state index in [4.69, 9.17) is 4.74 Å². The number of benzene rings is 3. The number of hydrogen-bond acceptors (Lipinski definition) is 5. The van der Waals surface area contributed by atoms with Gasteiger partial charge in [-0.05, 0) is 117 Å². The lowest BCUT2D eigenvalue weighted by atomic mass is 9.79. The number of ether oxygens (including phenoxy) is 1. The lowest BCUT2D eigenvalue weighted by molar-refractivity contribution is 0.214. The van der Waals surface area contributed by atoms with Gasteiger partial charge < -0.3 is 20.3 Å². The Kier molecular flexibility index (Phi) is 9.08. The first-order chi connectivity index (χ1) is 18.6. The number of nitrogens with one attached hydrogen (secondary N) is 1. The summed E-state index contributed by atoms with van der Waals surface area (Å²) < 4.78 is 6.01. The predicted molar refractivity (Wildman–Crippen MR) is 155 cm³/mol. The summed E-state index contributed by atoms with van der Waals surface area (Å²) >= 11 is 0. The van der Waals surface area contributed by atoms with Gasteiger partial charge in [-0.3, -0.25) is 4.90 Å². The van der Waals surface area contributed by atoms with Gasteiger partial charge in [-0.2, -0.15) is 0 Å². The molecular formula is C33H42N2O3. The number of likely N-dealkylation sites (tertiary alicyclic amines) is 1. The zero-order chi connectivity index (χ0) is 26.2. The van der Waals surface area contributed by atoms with Gasteiger partial charge in [0, 0.05) is 24.8 Å². The van der Waals surface area contributed by atoms with Crippen molar-refractivity contribution in [3.63, 3.8) is 0 Å². The first kappa shape index (κ1) is 26.4. The fourth-order valence-corrected chi connectivity index (χ4v) is 5.98. The molecule has 1 saturated heterocycles. The third kappa shape index (κ3) is 7.22. The van der Waals surface area contributed by atoms with Crippen molar-refractivity contribution < 1.29 is 14.9 Å². The minimum absolute atomic E-state index is 0.295. The number of aryl methyl sites for hydroxylation is 2. The monoisotopic (exact) mass is 514 g/mol. The highest BCUT2D eigenvalue weighted by atomic mass is 16.5. The van der Waals surface area contributed by atoms with Gasteiger partial charge in [0.05, 0.1) is 0 Å². The Balaban J connectivity index is 1.08. The van der Waals surface area contributed by atoms with Crippen molar-refractivity contribution in [2.45, 2.75) is 63.7 Å². The van der Waals surface area contributed by atoms with E-state index in [1.54, 1.807) is 12.1 Å². The van der Waals surface area contributed by atoms with Gasteiger partial charge >= 0.3 is 0 Å². The van der Waals surface area contributed by atoms with E-state index in [2.05, 4.69) is 46.6 Å². The number of rotatable bonds is 10. The molecule has 1 heterocycles. The van der Waals surface area contributed by atoms with Gasteiger partial charge in [-0.15, -0.1) is 0 Å². The van der Waals surface area contributed by atoms with E-state index < -0.39 is 0 Å². The number of aromatic hydroxyl groups is 2. The van der Waals surface area contributed by atoms with E-state index in [0.29, 0.717) is 17.4 Å². The molecule has 3 aromatic rings. The van der Waals surface area contributed by atoms with Gasteiger partial charge in [0.1, 0.15) is 23.9 Å². The maximum atomic E-state index is 10.2. The lowest BCUT2D eigenvalue weighted by Gasteiger charge is -2.27. The summed E-state index contributed by atoms with van der Waals surface area (Å²) in [7, 11) is 0. The smallest absolute Gasteiger partial charge is 0.119 e. The minimum Gasteiger partial charge on any atom is -0.508 e. The van der Waals surface area contributed by atoms with Gasteiger partial charge in [-0.1, -0.05) is 37.1 Å². The van der Waals surface area contributed by atoms with E-state index in [9.17, 15) is 10.2 Å². The number of nitrogens with zero attached hydrogens (tertiary/aromatic N) is 1. The van der Waals surface area contributed by atoms with Crippen LogP contribution in [0.3, 0.4) is 0 Å². The molecule has 0 amide bonds. The molecule has 38 heavy (non-hydrogen) atoms. The summed E-state index contributed by atoms with van der Waals surface area (Å²) in [5.41, 5.74) is 6.18. The van der Waals surface area contributed by atoms with Crippen LogP contribution in [-0.2, 0) is 19.3 Å². The maximum Gasteiger partial charge on any atom is 0.119 e. The van der Waals surface area contributed by atoms with E-state index in [-0.39, 0.29) is 0 Å². The predicted octanol–water partition coefficient (Wildman–Crippen LogP) is 6.67. The summed E-state index contributed by atoms with van der Waals surface area (Å²) in [5, 5.41) is 23.6. The van der Waals surface area contributed by atoms with Crippen LogP contribution >= 0.6 is 0 Å². The molecule has 202 valence electrons. The molecule has 0 aromatic heterocycles. The van der Waals surface area contributed by atoms with Crippen LogP contribution in [0.1, 0.15) is 66.7 Å². The van der Waals surface area contributed by atoms with Gasteiger partial charge in [-0.25, -0.2) is 0 Å². The first-order valence-electron chi connectivity index (χ1n) is 14.5. The average molecular weight is 515 g/mol. The molecule has 1 fully saturated rings. The number of phenols is 2. The highest BCUT2D eigenvalue weighted by Gasteiger charge is 2.23. The Morgan fingerprint density at radius 1 is 0.842 bits per heavy atom. The van der Waals surface area contributed by atoms with E-state index >= 15 is 0 Å². The highest BCUT2D eigenvalue weighted by Crippen LogP contribution is 2.38. The van der Waals surface area contributed by atoms with Crippen molar-refractivity contribution >= 4 is 5.69 Å². The standard InChI is InChI=1S/C33H42N2O3/c36-29-12-11-26-22-28(10-9-27(26)23-29)32-16-13-30(37)24-33(32)34-17-5-6-25-7-14-31(15-8-25)38-21-20-35-18-3-1-2-4-19-35/h7-8,11-16,23-24,28,34,36-37H,1-6,9-10,17-22H2/t28-/m1/s1. The van der Waals surface area contributed by atoms with Crippen LogP contribution in [0.5, 0.6) is 17.2 Å². The molecule has 5 rings (SSSR count). The third-order valence-corrected chi connectivity index (χ3v) is 8.15. The second kappa shape index (κ2) is 13.1. The molecule has 3 aromatic carbocycles. The van der Waals surface area contributed by atoms with Crippen LogP contribution in [0, 0.1) is 0 Å². The lowest BCUT2D eigenvalue weighted by Crippen LogP contribution is -2.29. The zero-order valence-electron chi connectivity index (χ0n) is 22.5. The zero-order valence-corrected chi connectivity index (χ0v) is 22.5. The molecule has 1 aliphatic carbocycles. The van der Waals surface area contributed by atoms with Gasteiger partial charge in [0.25, 0.3) is 0 Å². The molecule has 0 spiro atoms. The number of hydrogen-bond donors (Lipinski definition) is 3. The maximum absolute atomic E-state index is 10.2. The fraction of sp³-hybridized carbons (Fsp3) is 0.455. The van der Waals surface area contributed by atoms with Crippen molar-refractivity contribution in [3.8, 4) is 17.2 Å². The van der Waals surface area contributed by atoms with Crippen molar-refractivity contribution in [2.75, 3.05) is 38.1 Å². The summed E-state index contributed by atoms with van der Waals surface area (Å²) in [5.74, 6) is 2.00. The Bertz CT molecular complexity index is 1170. The molecule has 2 aliphatic rings. The van der Waals surface area contributed by atoms with Crippen LogP contribution in [0.25, 0.3) is 0 Å². The van der Waals surface area contributed by atoms with Crippen LogP contribution in [0.2, 0.25) is 0 Å². The van der Waals surface area contributed by atoms with Crippen LogP contribution in [-0.4, -0.2) is 47.9 Å². The number of phenolic OH excluding ortho intramolecular Hbond substituents is 2. The molecule has 0 saturated carbocycles. The Morgan fingerprint density at radius 2 is 1.61 bits per heavy atom. The van der Waals surface area contributed by atoms with Crippen molar-refractivity contribution in [1.82, 2.24) is 4.90 Å². The quantitative estimate of drug-likeness (QED) is 0.264. The highest BCUT2D eigenvalue weighted by molar-refractivity contribution is 5.57. The van der Waals surface area contributed by atoms with E-state index in [0.717, 1.165) is 63.2 Å². The molecular weight excluding hydrogens is 472 g/mol. The van der Waals surface area contributed by atoms with Gasteiger partial charge in [0.15, 0.2) is 0 Å². The summed E-state index contributed by atoms with van der Waals surface area (Å²) in [6.45, 7) is 5.04. The van der Waals surface area contributed by atoms with Crippen LogP contribution < -0.4 is 10.1 Å². The fourth-order valence-electron chi connectivity index (χ4n) is 5.98. The minimum atomic E-state index is 0.295. The topological polar surface area (TPSA) is 65.0 Å². The molecule has 0 radical (unpaired) electrons. The van der Waals surface area contributed by atoms with E-state index in [1.807, 2.05) is 12.1 Å². The normalized spacial score (nSPS) is 17.9. The molecule has 3 N–H and O–H groups in total. The largest absolute Gasteiger partial charge is 0.508 e. The first-order valence-corrected chi connectivity index (χ1v) is 14.5. The Labute approximate surface area is 227 Å². The molecule has 1 aliphatic heterocycles. The summed E-state index contributed by atoms with van der Waals surface area (Å²) in [6, 6.07) is 20.0. The third-order valence-electron chi connectivity index (χ3n) is 8.15. The second-order valence-electron chi connectivity index (χ2n) is 10.9. The average Bonchev–Trinajstić information content (AvgIpc) is 3.21. The number of fused-ring (bicyclic) bond motifs is 1. The Hall–Kier alpha value is -3.18. The molecule has 1 atom stereocenters. The molecule has 5 nitrogen and oxygen atoms in total. The summed E-state index contributed by atoms with van der Waals surface area (Å²) in [6.07, 6.45) is 10.3. The molecule has 5 heteroatoms. The van der Waals surface area contributed by atoms with Crippen molar-refractivity contribution in [1.29, 1.82) is 0 Å². The Morgan fingerprint density at radius 3 is 2.42 bits per heavy atom. The molecule has 0 bridgehead atoms. The SMILES string of the molecule is Oc1ccc2c(c1)CC[C@@H](c1ccc(O)cc1NCCCc1ccc(OCCN3CCCCCC3)cc1)C2.